The van der Waals surface area contributed by atoms with Crippen LogP contribution in [-0.2, 0) is 0 Å². The van der Waals surface area contributed by atoms with Crippen molar-refractivity contribution in [3.63, 3.8) is 0 Å². The summed E-state index contributed by atoms with van der Waals surface area (Å²) in [7, 11) is 0. The summed E-state index contributed by atoms with van der Waals surface area (Å²) >= 11 is 3.51. The van der Waals surface area contributed by atoms with Crippen molar-refractivity contribution in [3.05, 3.63) is 22.7 Å². The highest BCUT2D eigenvalue weighted by Gasteiger charge is 2.38. The van der Waals surface area contributed by atoms with Gasteiger partial charge in [0.15, 0.2) is 0 Å². The molecule has 0 amide bonds. The minimum atomic E-state index is 0.467. The van der Waals surface area contributed by atoms with Crippen LogP contribution in [-0.4, -0.2) is 15.0 Å². The largest absolute Gasteiger partial charge is 0.242 e. The number of hydrogen-bond acceptors (Lipinski definition) is 2. The standard InChI is InChI=1S/C12H14BrN3/c1-12(2)6-8(7-12)16-10-5-3-4-9(13)11(10)14-15-16/h3-5,8H,6-7H2,1-2H3. The highest BCUT2D eigenvalue weighted by atomic mass is 79.9. The predicted octanol–water partition coefficient (Wildman–Crippen LogP) is 3.55. The highest BCUT2D eigenvalue weighted by molar-refractivity contribution is 9.10. The molecule has 0 saturated heterocycles. The second-order valence-electron chi connectivity index (χ2n) is 5.37. The molecular formula is C12H14BrN3. The lowest BCUT2D eigenvalue weighted by Crippen LogP contribution is -2.34. The van der Waals surface area contributed by atoms with E-state index in [1.807, 2.05) is 12.1 Å². The van der Waals surface area contributed by atoms with E-state index in [9.17, 15) is 0 Å². The monoisotopic (exact) mass is 279 g/mol. The third-order valence-corrected chi connectivity index (χ3v) is 4.02. The molecule has 0 spiro atoms. The molecule has 84 valence electrons. The maximum atomic E-state index is 4.28. The second kappa shape index (κ2) is 3.29. The van der Waals surface area contributed by atoms with E-state index in [4.69, 9.17) is 0 Å². The Morgan fingerprint density at radius 1 is 1.38 bits per heavy atom. The number of aromatic nitrogens is 3. The van der Waals surface area contributed by atoms with Gasteiger partial charge in [-0.15, -0.1) is 5.10 Å². The van der Waals surface area contributed by atoms with Gasteiger partial charge >= 0.3 is 0 Å². The van der Waals surface area contributed by atoms with E-state index < -0.39 is 0 Å². The summed E-state index contributed by atoms with van der Waals surface area (Å²) in [6.45, 7) is 4.61. The molecule has 3 rings (SSSR count). The second-order valence-corrected chi connectivity index (χ2v) is 6.22. The van der Waals surface area contributed by atoms with Crippen molar-refractivity contribution in [2.45, 2.75) is 32.7 Å². The zero-order chi connectivity index (χ0) is 11.3. The van der Waals surface area contributed by atoms with Crippen LogP contribution in [0.4, 0.5) is 0 Å². The Balaban J connectivity index is 2.03. The summed E-state index contributed by atoms with van der Waals surface area (Å²) < 4.78 is 3.10. The Labute approximate surface area is 103 Å². The van der Waals surface area contributed by atoms with Crippen molar-refractivity contribution in [2.24, 2.45) is 5.41 Å². The molecule has 1 heterocycles. The highest BCUT2D eigenvalue weighted by Crippen LogP contribution is 2.48. The Bertz CT molecular complexity index is 536. The van der Waals surface area contributed by atoms with Crippen LogP contribution >= 0.6 is 15.9 Å². The van der Waals surface area contributed by atoms with E-state index in [1.54, 1.807) is 0 Å². The molecule has 0 radical (unpaired) electrons. The first-order valence-electron chi connectivity index (χ1n) is 5.56. The molecule has 0 N–H and O–H groups in total. The van der Waals surface area contributed by atoms with Crippen LogP contribution in [0, 0.1) is 5.41 Å². The first-order valence-corrected chi connectivity index (χ1v) is 6.36. The van der Waals surface area contributed by atoms with Gasteiger partial charge in [0.2, 0.25) is 0 Å². The molecule has 1 aliphatic rings. The van der Waals surface area contributed by atoms with E-state index in [0.29, 0.717) is 11.5 Å². The molecule has 4 heteroatoms. The van der Waals surface area contributed by atoms with E-state index in [1.165, 1.54) is 12.8 Å². The minimum Gasteiger partial charge on any atom is -0.242 e. The molecule has 1 saturated carbocycles. The molecule has 2 aromatic rings. The van der Waals surface area contributed by atoms with Crippen LogP contribution in [0.25, 0.3) is 11.0 Å². The zero-order valence-corrected chi connectivity index (χ0v) is 11.0. The first-order chi connectivity index (χ1) is 7.57. The molecule has 0 atom stereocenters. The van der Waals surface area contributed by atoms with Gasteiger partial charge in [0.25, 0.3) is 0 Å². The SMILES string of the molecule is CC1(C)CC(n2nnc3c(Br)cccc32)C1. The van der Waals surface area contributed by atoms with Gasteiger partial charge < -0.3 is 0 Å². The molecule has 0 unspecified atom stereocenters. The van der Waals surface area contributed by atoms with Gasteiger partial charge in [-0.3, -0.25) is 0 Å². The lowest BCUT2D eigenvalue weighted by Gasteiger charge is -2.42. The van der Waals surface area contributed by atoms with Crippen LogP contribution in [0.2, 0.25) is 0 Å². The fraction of sp³-hybridized carbons (Fsp3) is 0.500. The lowest BCUT2D eigenvalue weighted by molar-refractivity contribution is 0.0966. The van der Waals surface area contributed by atoms with Crippen molar-refractivity contribution < 1.29 is 0 Å². The molecule has 0 aliphatic heterocycles. The minimum absolute atomic E-state index is 0.467. The van der Waals surface area contributed by atoms with Gasteiger partial charge in [-0.25, -0.2) is 4.68 Å². The average molecular weight is 280 g/mol. The molecule has 3 nitrogen and oxygen atoms in total. The number of fused-ring (bicyclic) bond motifs is 1. The van der Waals surface area contributed by atoms with Crippen molar-refractivity contribution in [1.29, 1.82) is 0 Å². The molecule has 1 aliphatic carbocycles. The zero-order valence-electron chi connectivity index (χ0n) is 9.44. The predicted molar refractivity (Wildman–Crippen MR) is 67.3 cm³/mol. The fourth-order valence-electron chi connectivity index (χ4n) is 2.59. The smallest absolute Gasteiger partial charge is 0.127 e. The van der Waals surface area contributed by atoms with Crippen LogP contribution < -0.4 is 0 Å². The Hall–Kier alpha value is -0.900. The van der Waals surface area contributed by atoms with Gasteiger partial charge in [-0.2, -0.15) is 0 Å². The molecule has 1 fully saturated rings. The molecular weight excluding hydrogens is 266 g/mol. The van der Waals surface area contributed by atoms with Crippen LogP contribution in [0.3, 0.4) is 0 Å². The summed E-state index contributed by atoms with van der Waals surface area (Å²) in [5, 5.41) is 8.52. The molecule has 0 bridgehead atoms. The van der Waals surface area contributed by atoms with Gasteiger partial charge in [-0.05, 0) is 46.3 Å². The van der Waals surface area contributed by atoms with Gasteiger partial charge in [0, 0.05) is 4.47 Å². The Kier molecular flexibility index (Phi) is 2.11. The third-order valence-electron chi connectivity index (χ3n) is 3.38. The fourth-order valence-corrected chi connectivity index (χ4v) is 3.02. The maximum absolute atomic E-state index is 4.28. The average Bonchev–Trinajstić information content (AvgIpc) is 2.59. The number of benzene rings is 1. The van der Waals surface area contributed by atoms with Crippen molar-refractivity contribution in [2.75, 3.05) is 0 Å². The maximum Gasteiger partial charge on any atom is 0.127 e. The topological polar surface area (TPSA) is 30.7 Å². The summed E-state index contributed by atoms with van der Waals surface area (Å²) in [4.78, 5) is 0. The van der Waals surface area contributed by atoms with E-state index in [-0.39, 0.29) is 0 Å². The molecule has 1 aromatic carbocycles. The summed E-state index contributed by atoms with van der Waals surface area (Å²) in [6, 6.07) is 6.66. The third kappa shape index (κ3) is 1.47. The number of nitrogens with zero attached hydrogens (tertiary/aromatic N) is 3. The van der Waals surface area contributed by atoms with Crippen molar-refractivity contribution in [1.82, 2.24) is 15.0 Å². The Morgan fingerprint density at radius 3 is 2.81 bits per heavy atom. The van der Waals surface area contributed by atoms with Gasteiger partial charge in [-0.1, -0.05) is 25.1 Å². The number of halogens is 1. The quantitative estimate of drug-likeness (QED) is 0.799. The van der Waals surface area contributed by atoms with E-state index in [2.05, 4.69) is 50.8 Å². The van der Waals surface area contributed by atoms with Crippen LogP contribution in [0.15, 0.2) is 22.7 Å². The molecule has 1 aromatic heterocycles. The normalized spacial score (nSPS) is 19.9. The van der Waals surface area contributed by atoms with Crippen LogP contribution in [0.1, 0.15) is 32.7 Å². The van der Waals surface area contributed by atoms with Gasteiger partial charge in [0.1, 0.15) is 5.52 Å². The summed E-state index contributed by atoms with van der Waals surface area (Å²) in [5.41, 5.74) is 2.57. The van der Waals surface area contributed by atoms with Gasteiger partial charge in [0.05, 0.1) is 11.6 Å². The van der Waals surface area contributed by atoms with Crippen molar-refractivity contribution >= 4 is 27.0 Å². The Morgan fingerprint density at radius 2 is 2.12 bits per heavy atom. The first kappa shape index (κ1) is 10.3. The number of hydrogen-bond donors (Lipinski definition) is 0. The van der Waals surface area contributed by atoms with Crippen molar-refractivity contribution in [3.8, 4) is 0 Å². The van der Waals surface area contributed by atoms with E-state index in [0.717, 1.165) is 15.5 Å². The van der Waals surface area contributed by atoms with E-state index >= 15 is 0 Å². The van der Waals surface area contributed by atoms with Crippen LogP contribution in [0.5, 0.6) is 0 Å². The summed E-state index contributed by atoms with van der Waals surface area (Å²) in [5.74, 6) is 0. The molecule has 16 heavy (non-hydrogen) atoms. The summed E-state index contributed by atoms with van der Waals surface area (Å²) in [6.07, 6.45) is 2.38. The lowest BCUT2D eigenvalue weighted by atomic mass is 9.68. The number of rotatable bonds is 1.